The Labute approximate surface area is 115 Å². The van der Waals surface area contributed by atoms with Crippen LogP contribution in [-0.2, 0) is 4.79 Å². The van der Waals surface area contributed by atoms with Gasteiger partial charge in [-0.2, -0.15) is 10.4 Å². The van der Waals surface area contributed by atoms with Gasteiger partial charge in [0.05, 0.1) is 17.2 Å². The molecule has 1 N–H and O–H groups in total. The Morgan fingerprint density at radius 1 is 1.63 bits per heavy atom. The molecule has 0 spiro atoms. The van der Waals surface area contributed by atoms with Crippen LogP contribution in [0.25, 0.3) is 0 Å². The average molecular weight is 326 g/mol. The van der Waals surface area contributed by atoms with Gasteiger partial charge in [0.1, 0.15) is 6.42 Å². The van der Waals surface area contributed by atoms with Gasteiger partial charge >= 0.3 is 0 Å². The van der Waals surface area contributed by atoms with Gasteiger partial charge < -0.3 is 5.11 Å². The van der Waals surface area contributed by atoms with E-state index in [9.17, 15) is 20.0 Å². The molecule has 19 heavy (non-hydrogen) atoms. The van der Waals surface area contributed by atoms with Gasteiger partial charge in [0, 0.05) is 16.1 Å². The lowest BCUT2D eigenvalue weighted by atomic mass is 10.2. The summed E-state index contributed by atoms with van der Waals surface area (Å²) in [5, 5.41) is 33.8. The summed E-state index contributed by atoms with van der Waals surface area (Å²) in [7, 11) is 0. The molecule has 9 heteroatoms. The maximum atomic E-state index is 11.4. The van der Waals surface area contributed by atoms with Crippen molar-refractivity contribution < 1.29 is 14.8 Å². The van der Waals surface area contributed by atoms with Crippen LogP contribution >= 0.6 is 15.9 Å². The first-order chi connectivity index (χ1) is 8.95. The Kier molecular flexibility index (Phi) is 4.96. The van der Waals surface area contributed by atoms with Crippen LogP contribution in [0.5, 0.6) is 5.75 Å². The van der Waals surface area contributed by atoms with Crippen LogP contribution < -0.4 is 10.5 Å². The van der Waals surface area contributed by atoms with E-state index in [1.165, 1.54) is 6.07 Å². The molecule has 8 nitrogen and oxygen atoms in total. The monoisotopic (exact) mass is 325 g/mol. The summed E-state index contributed by atoms with van der Waals surface area (Å²) in [5.41, 5.74) is 1.72. The molecule has 0 aliphatic carbocycles. The summed E-state index contributed by atoms with van der Waals surface area (Å²) in [4.78, 5) is 20.7. The van der Waals surface area contributed by atoms with Gasteiger partial charge in [-0.15, -0.1) is 0 Å². The Hall–Kier alpha value is -2.47. The molecule has 0 bridgehead atoms. The van der Waals surface area contributed by atoms with Gasteiger partial charge in [-0.1, -0.05) is 15.9 Å². The number of nitrogens with zero attached hydrogens (tertiary/aromatic N) is 3. The SMILES string of the molecule is N#CCC(=O)N/N=C\c1cc(Br)c([O-])c([N+](=O)[O-])c1. The molecule has 0 fully saturated rings. The van der Waals surface area contributed by atoms with Crippen molar-refractivity contribution in [3.8, 4) is 11.8 Å². The number of carbonyl (C=O) groups excluding carboxylic acids is 1. The van der Waals surface area contributed by atoms with Crippen LogP contribution in [0.2, 0.25) is 0 Å². The molecular formula is C10H6BrN4O4-. The van der Waals surface area contributed by atoms with Crippen molar-refractivity contribution in [2.24, 2.45) is 5.10 Å². The fourth-order valence-corrected chi connectivity index (χ4v) is 1.57. The zero-order chi connectivity index (χ0) is 14.4. The summed E-state index contributed by atoms with van der Waals surface area (Å²) < 4.78 is 0.0199. The molecule has 0 saturated carbocycles. The lowest BCUT2D eigenvalue weighted by Gasteiger charge is -2.09. The largest absolute Gasteiger partial charge is 0.867 e. The second kappa shape index (κ2) is 6.46. The Balaban J connectivity index is 2.91. The summed E-state index contributed by atoms with van der Waals surface area (Å²) in [6, 6.07) is 4.00. The first kappa shape index (κ1) is 14.6. The summed E-state index contributed by atoms with van der Waals surface area (Å²) in [6.45, 7) is 0. The normalized spacial score (nSPS) is 10.1. The van der Waals surface area contributed by atoms with E-state index in [2.05, 4.69) is 26.5 Å². The van der Waals surface area contributed by atoms with Gasteiger partial charge in [0.2, 0.25) is 0 Å². The highest BCUT2D eigenvalue weighted by atomic mass is 79.9. The summed E-state index contributed by atoms with van der Waals surface area (Å²) >= 11 is 2.90. The molecule has 1 aromatic rings. The first-order valence-corrected chi connectivity index (χ1v) is 5.58. The Morgan fingerprint density at radius 2 is 2.32 bits per heavy atom. The molecule has 1 amide bonds. The molecule has 0 heterocycles. The highest BCUT2D eigenvalue weighted by Gasteiger charge is 2.10. The average Bonchev–Trinajstić information content (AvgIpc) is 2.33. The minimum Gasteiger partial charge on any atom is -0.867 e. The van der Waals surface area contributed by atoms with Gasteiger partial charge in [-0.05, 0) is 11.8 Å². The molecule has 0 aliphatic heterocycles. The number of nitriles is 1. The van der Waals surface area contributed by atoms with Crippen molar-refractivity contribution in [2.75, 3.05) is 0 Å². The zero-order valence-electron chi connectivity index (χ0n) is 9.29. The first-order valence-electron chi connectivity index (χ1n) is 4.79. The van der Waals surface area contributed by atoms with E-state index >= 15 is 0 Å². The third kappa shape index (κ3) is 4.04. The highest BCUT2D eigenvalue weighted by molar-refractivity contribution is 9.10. The van der Waals surface area contributed by atoms with Crippen molar-refractivity contribution in [1.29, 1.82) is 5.26 Å². The standard InChI is InChI=1S/C10H7BrN4O4/c11-7-3-6(4-8(10(7)17)15(18)19)5-13-14-9(16)1-2-12/h3-5,17H,1H2,(H,14,16)/p-1/b13-5-. The van der Waals surface area contributed by atoms with E-state index in [1.807, 2.05) is 0 Å². The maximum absolute atomic E-state index is 11.4. The van der Waals surface area contributed by atoms with Gasteiger partial charge in [0.25, 0.3) is 11.6 Å². The van der Waals surface area contributed by atoms with Crippen molar-refractivity contribution in [1.82, 2.24) is 5.43 Å². The quantitative estimate of drug-likeness (QED) is 0.496. The molecule has 98 valence electrons. The van der Waals surface area contributed by atoms with Crippen LogP contribution in [0.15, 0.2) is 21.7 Å². The highest BCUT2D eigenvalue weighted by Crippen LogP contribution is 2.32. The fourth-order valence-electron chi connectivity index (χ4n) is 1.10. The Morgan fingerprint density at radius 3 is 2.89 bits per heavy atom. The second-order valence-corrected chi connectivity index (χ2v) is 4.09. The van der Waals surface area contributed by atoms with Gasteiger partial charge in [-0.25, -0.2) is 5.43 Å². The molecule has 0 radical (unpaired) electrons. The third-order valence-electron chi connectivity index (χ3n) is 1.89. The number of halogens is 1. The number of amides is 1. The van der Waals surface area contributed by atoms with Crippen LogP contribution in [0.1, 0.15) is 12.0 Å². The van der Waals surface area contributed by atoms with E-state index in [0.29, 0.717) is 0 Å². The predicted molar refractivity (Wildman–Crippen MR) is 66.2 cm³/mol. The molecule has 1 aromatic carbocycles. The topological polar surface area (TPSA) is 131 Å². The van der Waals surface area contributed by atoms with Crippen molar-refractivity contribution in [3.05, 3.63) is 32.3 Å². The van der Waals surface area contributed by atoms with E-state index in [-0.39, 0.29) is 16.5 Å². The van der Waals surface area contributed by atoms with Crippen LogP contribution in [-0.4, -0.2) is 17.0 Å². The number of nitro benzene ring substituents is 1. The van der Waals surface area contributed by atoms with E-state index in [0.717, 1.165) is 12.3 Å². The van der Waals surface area contributed by atoms with Crippen LogP contribution in [0.4, 0.5) is 5.69 Å². The predicted octanol–water partition coefficient (Wildman–Crippen LogP) is 0.795. The number of carbonyl (C=O) groups is 1. The van der Waals surface area contributed by atoms with E-state index < -0.39 is 22.3 Å². The lowest BCUT2D eigenvalue weighted by molar-refractivity contribution is -0.398. The number of nitrogens with one attached hydrogen (secondary N) is 1. The Bertz CT molecular complexity index is 594. The molecular weight excluding hydrogens is 320 g/mol. The van der Waals surface area contributed by atoms with Crippen molar-refractivity contribution >= 4 is 33.7 Å². The maximum Gasteiger partial charge on any atom is 0.263 e. The minimum atomic E-state index is -0.807. The summed E-state index contributed by atoms with van der Waals surface area (Å²) in [5.74, 6) is -1.34. The number of hydrogen-bond donors (Lipinski definition) is 1. The molecule has 1 rings (SSSR count). The number of hydrazone groups is 1. The van der Waals surface area contributed by atoms with Crippen LogP contribution in [0, 0.1) is 21.4 Å². The minimum absolute atomic E-state index is 0.0199. The fraction of sp³-hybridized carbons (Fsp3) is 0.100. The molecule has 0 aliphatic rings. The van der Waals surface area contributed by atoms with E-state index in [4.69, 9.17) is 5.26 Å². The smallest absolute Gasteiger partial charge is 0.263 e. The zero-order valence-corrected chi connectivity index (χ0v) is 10.9. The van der Waals surface area contributed by atoms with Crippen LogP contribution in [0.3, 0.4) is 0 Å². The molecule has 0 atom stereocenters. The summed E-state index contributed by atoms with van der Waals surface area (Å²) in [6.07, 6.45) is 0.785. The number of nitro groups is 1. The van der Waals surface area contributed by atoms with Crippen molar-refractivity contribution in [2.45, 2.75) is 6.42 Å². The number of hydrogen-bond acceptors (Lipinski definition) is 6. The number of rotatable bonds is 4. The lowest BCUT2D eigenvalue weighted by Crippen LogP contribution is -2.16. The molecule has 0 aromatic heterocycles. The third-order valence-corrected chi connectivity index (χ3v) is 2.47. The van der Waals surface area contributed by atoms with Crippen molar-refractivity contribution in [3.63, 3.8) is 0 Å². The molecule has 0 unspecified atom stereocenters. The second-order valence-electron chi connectivity index (χ2n) is 3.24. The van der Waals surface area contributed by atoms with Gasteiger partial charge in [0.15, 0.2) is 0 Å². The van der Waals surface area contributed by atoms with E-state index in [1.54, 1.807) is 6.07 Å². The molecule has 0 saturated heterocycles. The number of benzene rings is 1. The van der Waals surface area contributed by atoms with Gasteiger partial charge in [-0.3, -0.25) is 14.9 Å².